The molecule has 1 fully saturated rings. The van der Waals surface area contributed by atoms with Gasteiger partial charge < -0.3 is 14.6 Å². The predicted octanol–water partition coefficient (Wildman–Crippen LogP) is 3.60. The minimum absolute atomic E-state index is 0. The Morgan fingerprint density at radius 1 is 1.40 bits per heavy atom. The molecule has 2 unspecified atom stereocenters. The maximum atomic E-state index is 5.41. The van der Waals surface area contributed by atoms with Crippen molar-refractivity contribution in [3.8, 4) is 0 Å². The number of rotatable bonds is 8. The van der Waals surface area contributed by atoms with E-state index >= 15 is 0 Å². The molecule has 5 nitrogen and oxygen atoms in total. The van der Waals surface area contributed by atoms with Gasteiger partial charge in [0.25, 0.3) is 0 Å². The van der Waals surface area contributed by atoms with Gasteiger partial charge >= 0.3 is 0 Å². The Balaban J connectivity index is 0.00000312. The summed E-state index contributed by atoms with van der Waals surface area (Å²) >= 11 is 0. The smallest absolute Gasteiger partial charge is 0.194 e. The van der Waals surface area contributed by atoms with Crippen LogP contribution in [0.15, 0.2) is 27.8 Å². The molecule has 0 aromatic carbocycles. The van der Waals surface area contributed by atoms with Crippen LogP contribution in [0.3, 0.4) is 0 Å². The van der Waals surface area contributed by atoms with Gasteiger partial charge in [-0.3, -0.25) is 9.89 Å². The first kappa shape index (κ1) is 22.3. The zero-order chi connectivity index (χ0) is 17.4. The molecule has 0 radical (unpaired) electrons. The molecule has 144 valence electrons. The number of likely N-dealkylation sites (tertiary alicyclic amines) is 1. The lowest BCUT2D eigenvalue weighted by Gasteiger charge is -2.28. The maximum Gasteiger partial charge on any atom is 0.194 e. The molecule has 2 atom stereocenters. The molecule has 1 aromatic rings. The van der Waals surface area contributed by atoms with Gasteiger partial charge in [0.2, 0.25) is 0 Å². The van der Waals surface area contributed by atoms with Crippen LogP contribution in [-0.2, 0) is 6.42 Å². The molecule has 1 N–H and O–H groups in total. The lowest BCUT2D eigenvalue weighted by Crippen LogP contribution is -2.46. The minimum Gasteiger partial charge on any atom is -0.469 e. The highest BCUT2D eigenvalue weighted by Crippen LogP contribution is 2.16. The van der Waals surface area contributed by atoms with Crippen molar-refractivity contribution in [3.63, 3.8) is 0 Å². The van der Waals surface area contributed by atoms with E-state index < -0.39 is 0 Å². The molecule has 0 amide bonds. The van der Waals surface area contributed by atoms with Crippen LogP contribution in [0.5, 0.6) is 0 Å². The molecule has 1 aliphatic heterocycles. The van der Waals surface area contributed by atoms with Crippen LogP contribution in [0.25, 0.3) is 0 Å². The van der Waals surface area contributed by atoms with E-state index in [0.717, 1.165) is 57.3 Å². The van der Waals surface area contributed by atoms with Gasteiger partial charge in [0.15, 0.2) is 5.96 Å². The molecule has 25 heavy (non-hydrogen) atoms. The molecule has 1 aliphatic rings. The van der Waals surface area contributed by atoms with Gasteiger partial charge in [0, 0.05) is 38.1 Å². The third kappa shape index (κ3) is 6.81. The van der Waals surface area contributed by atoms with Crippen LogP contribution in [0.1, 0.15) is 46.3 Å². The van der Waals surface area contributed by atoms with Crippen molar-refractivity contribution < 1.29 is 4.42 Å². The SMILES string of the molecule is CCC(C)NC(=NCCc1ccco1)N1CCC(N(CC)CC)C1.I. The molecule has 0 bridgehead atoms. The monoisotopic (exact) mass is 462 g/mol. The third-order valence-electron chi connectivity index (χ3n) is 4.98. The Kier molecular flexibility index (Phi) is 10.5. The predicted molar refractivity (Wildman–Crippen MR) is 116 cm³/mol. The van der Waals surface area contributed by atoms with Gasteiger partial charge in [-0.2, -0.15) is 0 Å². The Morgan fingerprint density at radius 2 is 2.16 bits per heavy atom. The van der Waals surface area contributed by atoms with Crippen LogP contribution in [0.4, 0.5) is 0 Å². The fourth-order valence-electron chi connectivity index (χ4n) is 3.26. The summed E-state index contributed by atoms with van der Waals surface area (Å²) in [5.74, 6) is 2.06. The van der Waals surface area contributed by atoms with Gasteiger partial charge in [-0.1, -0.05) is 20.8 Å². The highest BCUT2D eigenvalue weighted by atomic mass is 127. The third-order valence-corrected chi connectivity index (χ3v) is 4.98. The van der Waals surface area contributed by atoms with Crippen LogP contribution >= 0.6 is 24.0 Å². The number of hydrogen-bond acceptors (Lipinski definition) is 3. The van der Waals surface area contributed by atoms with Crippen molar-refractivity contribution in [2.45, 2.75) is 59.0 Å². The van der Waals surface area contributed by atoms with Crippen molar-refractivity contribution in [3.05, 3.63) is 24.2 Å². The quantitative estimate of drug-likeness (QED) is 0.364. The summed E-state index contributed by atoms with van der Waals surface area (Å²) in [4.78, 5) is 9.85. The van der Waals surface area contributed by atoms with Gasteiger partial charge in [0.1, 0.15) is 5.76 Å². The summed E-state index contributed by atoms with van der Waals surface area (Å²) < 4.78 is 5.41. The number of aliphatic imine (C=N–C) groups is 1. The first-order valence-corrected chi connectivity index (χ1v) is 9.50. The van der Waals surface area contributed by atoms with Crippen molar-refractivity contribution in [1.29, 1.82) is 0 Å². The molecule has 0 saturated carbocycles. The normalized spacial score (nSPS) is 19.2. The topological polar surface area (TPSA) is 44.0 Å². The molecular formula is C19H35IN4O. The summed E-state index contributed by atoms with van der Waals surface area (Å²) in [6.07, 6.45) is 4.91. The number of hydrogen-bond donors (Lipinski definition) is 1. The van der Waals surface area contributed by atoms with E-state index in [1.807, 2.05) is 12.1 Å². The first-order valence-electron chi connectivity index (χ1n) is 9.50. The highest BCUT2D eigenvalue weighted by Gasteiger charge is 2.28. The van der Waals surface area contributed by atoms with Crippen LogP contribution in [0.2, 0.25) is 0 Å². The van der Waals surface area contributed by atoms with E-state index in [1.165, 1.54) is 6.42 Å². The molecule has 2 rings (SSSR count). The Hall–Kier alpha value is -0.760. The second-order valence-corrected chi connectivity index (χ2v) is 6.60. The summed E-state index contributed by atoms with van der Waals surface area (Å²) in [5, 5.41) is 3.61. The standard InChI is InChI=1S/C19H34N4O.HI/c1-5-16(4)21-19(20-12-10-18-9-8-14-24-18)23-13-11-17(15-23)22(6-2)7-3;/h8-9,14,16-17H,5-7,10-13,15H2,1-4H3,(H,20,21);1H. The number of nitrogens with one attached hydrogen (secondary N) is 1. The average Bonchev–Trinajstić information content (AvgIpc) is 3.27. The molecule has 2 heterocycles. The lowest BCUT2D eigenvalue weighted by molar-refractivity contribution is 0.223. The molecule has 0 aliphatic carbocycles. The fraction of sp³-hybridized carbons (Fsp3) is 0.737. The maximum absolute atomic E-state index is 5.41. The fourth-order valence-corrected chi connectivity index (χ4v) is 3.26. The van der Waals surface area contributed by atoms with Crippen molar-refractivity contribution in [2.24, 2.45) is 4.99 Å². The largest absolute Gasteiger partial charge is 0.469 e. The summed E-state index contributed by atoms with van der Waals surface area (Å²) in [6.45, 7) is 14.1. The molecule has 1 saturated heterocycles. The Morgan fingerprint density at radius 3 is 2.76 bits per heavy atom. The zero-order valence-electron chi connectivity index (χ0n) is 16.2. The minimum atomic E-state index is 0. The number of likely N-dealkylation sites (N-methyl/N-ethyl adjacent to an activating group) is 1. The van der Waals surface area contributed by atoms with Gasteiger partial charge in [-0.15, -0.1) is 24.0 Å². The second-order valence-electron chi connectivity index (χ2n) is 6.60. The van der Waals surface area contributed by atoms with Gasteiger partial charge in [-0.25, -0.2) is 0 Å². The van der Waals surface area contributed by atoms with Crippen LogP contribution < -0.4 is 5.32 Å². The molecule has 1 aromatic heterocycles. The summed E-state index contributed by atoms with van der Waals surface area (Å²) in [5.41, 5.74) is 0. The lowest BCUT2D eigenvalue weighted by atomic mass is 10.2. The van der Waals surface area contributed by atoms with E-state index in [4.69, 9.17) is 9.41 Å². The summed E-state index contributed by atoms with van der Waals surface area (Å²) in [6, 6.07) is 5.05. The Bertz CT molecular complexity index is 488. The van der Waals surface area contributed by atoms with Crippen LogP contribution in [-0.4, -0.2) is 60.6 Å². The van der Waals surface area contributed by atoms with E-state index in [1.54, 1.807) is 6.26 Å². The molecular weight excluding hydrogens is 427 g/mol. The molecule has 0 spiro atoms. The number of nitrogens with zero attached hydrogens (tertiary/aromatic N) is 3. The first-order chi connectivity index (χ1) is 11.7. The Labute approximate surface area is 170 Å². The van der Waals surface area contributed by atoms with Crippen molar-refractivity contribution >= 4 is 29.9 Å². The summed E-state index contributed by atoms with van der Waals surface area (Å²) in [7, 11) is 0. The zero-order valence-corrected chi connectivity index (χ0v) is 18.5. The van der Waals surface area contributed by atoms with E-state index in [0.29, 0.717) is 12.1 Å². The van der Waals surface area contributed by atoms with Crippen LogP contribution in [0, 0.1) is 0 Å². The van der Waals surface area contributed by atoms with E-state index in [2.05, 4.69) is 42.8 Å². The average molecular weight is 462 g/mol. The van der Waals surface area contributed by atoms with Crippen molar-refractivity contribution in [2.75, 3.05) is 32.7 Å². The van der Waals surface area contributed by atoms with E-state index in [9.17, 15) is 0 Å². The van der Waals surface area contributed by atoms with Gasteiger partial charge in [0.05, 0.1) is 6.26 Å². The van der Waals surface area contributed by atoms with Crippen molar-refractivity contribution in [1.82, 2.24) is 15.1 Å². The van der Waals surface area contributed by atoms with E-state index in [-0.39, 0.29) is 24.0 Å². The highest BCUT2D eigenvalue weighted by molar-refractivity contribution is 14.0. The molecule has 6 heteroatoms. The number of halogens is 1. The number of furan rings is 1. The second kappa shape index (κ2) is 11.8. The number of guanidine groups is 1. The van der Waals surface area contributed by atoms with Gasteiger partial charge in [-0.05, 0) is 45.0 Å².